The average Bonchev–Trinajstić information content (AvgIpc) is 3.28. The molecule has 0 radical (unpaired) electrons. The summed E-state index contributed by atoms with van der Waals surface area (Å²) in [5, 5.41) is 0. The molecule has 2 aromatic carbocycles. The van der Waals surface area contributed by atoms with Crippen LogP contribution in [0.3, 0.4) is 0 Å². The maximum atomic E-state index is 13.1. The van der Waals surface area contributed by atoms with Gasteiger partial charge in [0.25, 0.3) is 5.91 Å². The van der Waals surface area contributed by atoms with E-state index >= 15 is 0 Å². The number of methoxy groups -OCH3 is 1. The van der Waals surface area contributed by atoms with Gasteiger partial charge in [-0.15, -0.1) is 0 Å². The van der Waals surface area contributed by atoms with Gasteiger partial charge in [0.2, 0.25) is 10.0 Å². The number of benzene rings is 2. The number of nitrogens with one attached hydrogen (secondary N) is 1. The van der Waals surface area contributed by atoms with Crippen LogP contribution in [0.15, 0.2) is 47.4 Å². The number of nitrogens with zero attached hydrogens (tertiary/aromatic N) is 1. The van der Waals surface area contributed by atoms with Gasteiger partial charge in [-0.1, -0.05) is 24.3 Å². The highest BCUT2D eigenvalue weighted by atomic mass is 32.2. The van der Waals surface area contributed by atoms with Gasteiger partial charge in [-0.3, -0.25) is 4.79 Å². The first-order valence-electron chi connectivity index (χ1n) is 10.1. The molecule has 29 heavy (non-hydrogen) atoms. The molecule has 2 aliphatic rings. The van der Waals surface area contributed by atoms with Crippen molar-refractivity contribution in [3.8, 4) is 5.75 Å². The van der Waals surface area contributed by atoms with E-state index in [1.807, 2.05) is 18.2 Å². The van der Waals surface area contributed by atoms with Crippen LogP contribution < -0.4 is 9.46 Å². The molecule has 0 unspecified atom stereocenters. The number of likely N-dealkylation sites (tertiary alicyclic amines) is 1. The molecule has 1 fully saturated rings. The van der Waals surface area contributed by atoms with E-state index in [0.717, 1.165) is 37.7 Å². The number of fused-ring (bicyclic) bond motifs is 1. The summed E-state index contributed by atoms with van der Waals surface area (Å²) in [5.41, 5.74) is 2.51. The fourth-order valence-electron chi connectivity index (χ4n) is 4.24. The van der Waals surface area contributed by atoms with Crippen molar-refractivity contribution in [2.45, 2.75) is 43.0 Å². The quantitative estimate of drug-likeness (QED) is 0.815. The minimum atomic E-state index is -3.78. The second kappa shape index (κ2) is 8.16. The topological polar surface area (TPSA) is 75.7 Å². The van der Waals surface area contributed by atoms with E-state index in [1.165, 1.54) is 24.8 Å². The predicted molar refractivity (Wildman–Crippen MR) is 111 cm³/mol. The summed E-state index contributed by atoms with van der Waals surface area (Å²) in [4.78, 5) is 14.7. The molecule has 0 spiro atoms. The number of carbonyl (C=O) groups excluding carboxylic acids is 1. The number of aryl methyl sites for hydroxylation is 1. The molecule has 1 aliphatic heterocycles. The van der Waals surface area contributed by atoms with Gasteiger partial charge < -0.3 is 9.64 Å². The van der Waals surface area contributed by atoms with Crippen LogP contribution in [0, 0.1) is 0 Å². The van der Waals surface area contributed by atoms with Gasteiger partial charge in [0, 0.05) is 19.1 Å². The lowest BCUT2D eigenvalue weighted by Crippen LogP contribution is -2.32. The zero-order valence-corrected chi connectivity index (χ0v) is 17.4. The Hall–Kier alpha value is -2.38. The van der Waals surface area contributed by atoms with E-state index in [1.54, 1.807) is 11.0 Å². The number of amides is 1. The Morgan fingerprint density at radius 1 is 1.10 bits per heavy atom. The summed E-state index contributed by atoms with van der Waals surface area (Å²) < 4.78 is 34.4. The maximum Gasteiger partial charge on any atom is 0.257 e. The van der Waals surface area contributed by atoms with E-state index in [0.29, 0.717) is 24.4 Å². The zero-order chi connectivity index (χ0) is 20.4. The first-order valence-corrected chi connectivity index (χ1v) is 11.6. The molecule has 6 nitrogen and oxygen atoms in total. The van der Waals surface area contributed by atoms with Crippen LogP contribution in [0.4, 0.5) is 0 Å². The van der Waals surface area contributed by atoms with Gasteiger partial charge in [-0.05, 0) is 61.4 Å². The standard InChI is InChI=1S/C22H26N2O4S/c1-28-21-12-11-17(15-19(21)22(25)24-13-4-5-14-24)29(26,27)23-20-10-6-8-16-7-2-3-9-18(16)20/h2-3,7,9,11-12,15,20,23H,4-6,8,10,13-14H2,1H3/t20-/m1/s1. The minimum Gasteiger partial charge on any atom is -0.496 e. The summed E-state index contributed by atoms with van der Waals surface area (Å²) in [6, 6.07) is 12.2. The molecule has 154 valence electrons. The summed E-state index contributed by atoms with van der Waals surface area (Å²) >= 11 is 0. The SMILES string of the molecule is COc1ccc(S(=O)(=O)N[C@@H]2CCCc3ccccc32)cc1C(=O)N1CCCC1. The van der Waals surface area contributed by atoms with Crippen molar-refractivity contribution >= 4 is 15.9 Å². The van der Waals surface area contributed by atoms with Crippen molar-refractivity contribution in [2.24, 2.45) is 0 Å². The molecule has 1 aliphatic carbocycles. The Morgan fingerprint density at radius 2 is 1.86 bits per heavy atom. The fourth-order valence-corrected chi connectivity index (χ4v) is 5.52. The Kier molecular flexibility index (Phi) is 5.61. The molecule has 4 rings (SSSR count). The van der Waals surface area contributed by atoms with Crippen LogP contribution in [0.1, 0.15) is 53.2 Å². The van der Waals surface area contributed by atoms with Gasteiger partial charge in [-0.2, -0.15) is 0 Å². The molecular weight excluding hydrogens is 388 g/mol. The van der Waals surface area contributed by atoms with Crippen molar-refractivity contribution in [3.05, 3.63) is 59.2 Å². The number of hydrogen-bond acceptors (Lipinski definition) is 4. The van der Waals surface area contributed by atoms with Gasteiger partial charge >= 0.3 is 0 Å². The molecular formula is C22H26N2O4S. The Balaban J connectivity index is 1.64. The number of carbonyl (C=O) groups is 1. The summed E-state index contributed by atoms with van der Waals surface area (Å²) in [7, 11) is -2.30. The molecule has 0 saturated carbocycles. The van der Waals surface area contributed by atoms with Crippen molar-refractivity contribution < 1.29 is 17.9 Å². The van der Waals surface area contributed by atoms with Crippen molar-refractivity contribution in [3.63, 3.8) is 0 Å². The number of rotatable bonds is 5. The molecule has 1 saturated heterocycles. The summed E-state index contributed by atoms with van der Waals surface area (Å²) in [5.74, 6) is 0.211. The monoisotopic (exact) mass is 414 g/mol. The summed E-state index contributed by atoms with van der Waals surface area (Å²) in [6.45, 7) is 1.38. The van der Waals surface area contributed by atoms with Gasteiger partial charge in [0.1, 0.15) is 5.75 Å². The van der Waals surface area contributed by atoms with Crippen LogP contribution in [-0.4, -0.2) is 39.4 Å². The van der Waals surface area contributed by atoms with Gasteiger partial charge in [0.15, 0.2) is 0 Å². The highest BCUT2D eigenvalue weighted by molar-refractivity contribution is 7.89. The second-order valence-corrected chi connectivity index (χ2v) is 9.34. The highest BCUT2D eigenvalue weighted by Crippen LogP contribution is 2.32. The third-order valence-electron chi connectivity index (χ3n) is 5.77. The Labute approximate surface area is 171 Å². The lowest BCUT2D eigenvalue weighted by molar-refractivity contribution is 0.0789. The van der Waals surface area contributed by atoms with Crippen molar-refractivity contribution in [1.29, 1.82) is 0 Å². The lowest BCUT2D eigenvalue weighted by atomic mass is 9.88. The van der Waals surface area contributed by atoms with E-state index < -0.39 is 10.0 Å². The van der Waals surface area contributed by atoms with E-state index in [2.05, 4.69) is 10.8 Å². The van der Waals surface area contributed by atoms with E-state index in [4.69, 9.17) is 4.74 Å². The maximum absolute atomic E-state index is 13.1. The van der Waals surface area contributed by atoms with E-state index in [9.17, 15) is 13.2 Å². The smallest absolute Gasteiger partial charge is 0.257 e. The highest BCUT2D eigenvalue weighted by Gasteiger charge is 2.28. The van der Waals surface area contributed by atoms with Crippen LogP contribution in [0.5, 0.6) is 5.75 Å². The normalized spacial score (nSPS) is 19.1. The third-order valence-corrected chi connectivity index (χ3v) is 7.24. The number of hydrogen-bond donors (Lipinski definition) is 1. The molecule has 2 aromatic rings. The van der Waals surface area contributed by atoms with Crippen molar-refractivity contribution in [2.75, 3.05) is 20.2 Å². The number of sulfonamides is 1. The van der Waals surface area contributed by atoms with Crippen LogP contribution in [0.2, 0.25) is 0 Å². The lowest BCUT2D eigenvalue weighted by Gasteiger charge is -2.26. The molecule has 1 N–H and O–H groups in total. The van der Waals surface area contributed by atoms with E-state index in [-0.39, 0.29) is 16.8 Å². The first-order chi connectivity index (χ1) is 14.0. The molecule has 0 bridgehead atoms. The minimum absolute atomic E-state index is 0.0869. The van der Waals surface area contributed by atoms with Gasteiger partial charge in [0.05, 0.1) is 17.6 Å². The zero-order valence-electron chi connectivity index (χ0n) is 16.6. The van der Waals surface area contributed by atoms with Crippen molar-refractivity contribution in [1.82, 2.24) is 9.62 Å². The first kappa shape index (κ1) is 19.9. The van der Waals surface area contributed by atoms with Crippen LogP contribution >= 0.6 is 0 Å². The van der Waals surface area contributed by atoms with Crippen LogP contribution in [-0.2, 0) is 16.4 Å². The average molecular weight is 415 g/mol. The molecule has 1 atom stereocenters. The fraction of sp³-hybridized carbons (Fsp3) is 0.409. The Bertz CT molecular complexity index is 1010. The predicted octanol–water partition coefficient (Wildman–Crippen LogP) is 3.29. The largest absolute Gasteiger partial charge is 0.496 e. The third kappa shape index (κ3) is 4.02. The molecule has 1 heterocycles. The van der Waals surface area contributed by atoms with Gasteiger partial charge in [-0.25, -0.2) is 13.1 Å². The molecule has 0 aromatic heterocycles. The Morgan fingerprint density at radius 3 is 2.62 bits per heavy atom. The summed E-state index contributed by atoms with van der Waals surface area (Å²) in [6.07, 6.45) is 4.59. The second-order valence-electron chi connectivity index (χ2n) is 7.63. The molecule has 7 heteroatoms. The molecule has 1 amide bonds. The number of ether oxygens (including phenoxy) is 1. The van der Waals surface area contributed by atoms with Crippen LogP contribution in [0.25, 0.3) is 0 Å².